The summed E-state index contributed by atoms with van der Waals surface area (Å²) in [6.07, 6.45) is 1.70. The Balaban J connectivity index is 1.85. The molecule has 4 aromatic rings. The molecule has 4 rings (SSSR count). The molecule has 2 aromatic heterocycles. The second kappa shape index (κ2) is 9.85. The fourth-order valence-electron chi connectivity index (χ4n) is 3.48. The lowest BCUT2D eigenvalue weighted by Crippen LogP contribution is -2.44. The van der Waals surface area contributed by atoms with Gasteiger partial charge in [0.05, 0.1) is 29.4 Å². The van der Waals surface area contributed by atoms with Gasteiger partial charge in [0.15, 0.2) is 11.6 Å². The maximum Gasteiger partial charge on any atom is 0.355 e. The number of esters is 1. The van der Waals surface area contributed by atoms with Gasteiger partial charge in [-0.25, -0.2) is 27.3 Å². The van der Waals surface area contributed by atoms with E-state index in [9.17, 15) is 27.6 Å². The highest BCUT2D eigenvalue weighted by Gasteiger charge is 2.20. The first-order valence-electron chi connectivity index (χ1n) is 10.5. The normalized spacial score (nSPS) is 11.2. The Morgan fingerprint density at radius 3 is 2.53 bits per heavy atom. The highest BCUT2D eigenvalue weighted by Crippen LogP contribution is 2.29. The zero-order chi connectivity index (χ0) is 26.1. The molecule has 1 N–H and O–H groups in total. The van der Waals surface area contributed by atoms with E-state index >= 15 is 0 Å². The van der Waals surface area contributed by atoms with Gasteiger partial charge in [-0.15, -0.1) is 0 Å². The van der Waals surface area contributed by atoms with Gasteiger partial charge >= 0.3 is 17.3 Å². The number of anilines is 2. The number of aryl methyl sites for hydroxylation is 1. The summed E-state index contributed by atoms with van der Waals surface area (Å²) in [5.74, 6) is -5.14. The van der Waals surface area contributed by atoms with Crippen LogP contribution in [0.25, 0.3) is 10.9 Å². The van der Waals surface area contributed by atoms with Gasteiger partial charge < -0.3 is 10.1 Å². The Kier molecular flexibility index (Phi) is 6.84. The average molecular weight is 523 g/mol. The topological polar surface area (TPSA) is 113 Å². The molecule has 14 heteroatoms. The molecule has 2 aromatic carbocycles. The quantitative estimate of drug-likeness (QED) is 0.293. The second-order valence-electron chi connectivity index (χ2n) is 7.65. The minimum Gasteiger partial charge on any atom is -0.465 e. The Morgan fingerprint density at radius 1 is 1.08 bits per heavy atom. The van der Waals surface area contributed by atoms with Gasteiger partial charge in [0.25, 0.3) is 0 Å². The van der Waals surface area contributed by atoms with Gasteiger partial charge in [0, 0.05) is 30.3 Å². The molecule has 0 atom stereocenters. The van der Waals surface area contributed by atoms with E-state index < -0.39 is 53.5 Å². The molecule has 0 aliphatic rings. The van der Waals surface area contributed by atoms with Crippen LogP contribution in [0.1, 0.15) is 12.5 Å². The van der Waals surface area contributed by atoms with E-state index in [0.717, 1.165) is 4.57 Å². The van der Waals surface area contributed by atoms with Crippen LogP contribution in [0.5, 0.6) is 0 Å². The molecule has 0 unspecified atom stereocenters. The van der Waals surface area contributed by atoms with E-state index in [4.69, 9.17) is 16.3 Å². The number of nitrogens with zero attached hydrogens (tertiary/aromatic N) is 5. The predicted octanol–water partition coefficient (Wildman–Crippen LogP) is 2.72. The number of halogens is 4. The molecule has 0 aliphatic heterocycles. The minimum atomic E-state index is -1.41. The Bertz CT molecular complexity index is 1610. The summed E-state index contributed by atoms with van der Waals surface area (Å²) in [6.45, 7) is 0.123. The average Bonchev–Trinajstić information content (AvgIpc) is 3.16. The molecule has 10 nitrogen and oxygen atoms in total. The maximum absolute atomic E-state index is 14.4. The van der Waals surface area contributed by atoms with E-state index in [1.165, 1.54) is 0 Å². The largest absolute Gasteiger partial charge is 0.465 e. The molecule has 188 valence electrons. The number of aromatic nitrogens is 5. The van der Waals surface area contributed by atoms with Crippen molar-refractivity contribution in [2.24, 2.45) is 7.05 Å². The van der Waals surface area contributed by atoms with E-state index in [-0.39, 0.29) is 23.3 Å². The van der Waals surface area contributed by atoms with Crippen molar-refractivity contribution in [1.82, 2.24) is 23.9 Å². The minimum absolute atomic E-state index is 0.00420. The van der Waals surface area contributed by atoms with Crippen LogP contribution in [0.2, 0.25) is 5.02 Å². The molecule has 0 bridgehead atoms. The molecule has 0 spiro atoms. The number of carbonyl (C=O) groups excluding carboxylic acids is 1. The van der Waals surface area contributed by atoms with Crippen molar-refractivity contribution in [3.8, 4) is 0 Å². The molecule has 0 fully saturated rings. The van der Waals surface area contributed by atoms with E-state index in [1.807, 2.05) is 0 Å². The fraction of sp³-hybridized carbons (Fsp3) is 0.227. The van der Waals surface area contributed by atoms with Crippen molar-refractivity contribution in [2.45, 2.75) is 20.0 Å². The molecule has 0 saturated heterocycles. The Labute approximate surface area is 205 Å². The highest BCUT2D eigenvalue weighted by atomic mass is 35.5. The maximum atomic E-state index is 14.4. The van der Waals surface area contributed by atoms with E-state index in [2.05, 4.69) is 15.4 Å². The van der Waals surface area contributed by atoms with Gasteiger partial charge in [-0.2, -0.15) is 10.1 Å². The van der Waals surface area contributed by atoms with Crippen molar-refractivity contribution in [3.63, 3.8) is 0 Å². The predicted molar refractivity (Wildman–Crippen MR) is 124 cm³/mol. The summed E-state index contributed by atoms with van der Waals surface area (Å²) in [6, 6.07) is 4.04. The Morgan fingerprint density at radius 2 is 1.81 bits per heavy atom. The monoisotopic (exact) mass is 522 g/mol. The van der Waals surface area contributed by atoms with Crippen molar-refractivity contribution in [2.75, 3.05) is 11.9 Å². The van der Waals surface area contributed by atoms with Gasteiger partial charge in [-0.1, -0.05) is 11.6 Å². The van der Waals surface area contributed by atoms with Crippen LogP contribution in [0, 0.1) is 17.5 Å². The second-order valence-corrected chi connectivity index (χ2v) is 8.06. The summed E-state index contributed by atoms with van der Waals surface area (Å²) in [5, 5.41) is 7.82. The SMILES string of the molecule is CCOC(=O)Cn1c(=O)nc(Nc2cc3cn(C)nc3cc2Cl)n(Cc2cc(F)c(F)cc2F)c1=O. The highest BCUT2D eigenvalue weighted by molar-refractivity contribution is 6.34. The number of nitrogens with one attached hydrogen (secondary N) is 1. The number of hydrogen-bond acceptors (Lipinski definition) is 7. The molecule has 0 aliphatic carbocycles. The third kappa shape index (κ3) is 4.96. The molecular weight excluding hydrogens is 505 g/mol. The first-order valence-corrected chi connectivity index (χ1v) is 10.9. The van der Waals surface area contributed by atoms with Gasteiger partial charge in [-0.3, -0.25) is 14.0 Å². The van der Waals surface area contributed by atoms with Crippen molar-refractivity contribution in [1.29, 1.82) is 0 Å². The first kappa shape index (κ1) is 25.0. The number of hydrogen-bond donors (Lipinski definition) is 1. The molecule has 0 amide bonds. The fourth-order valence-corrected chi connectivity index (χ4v) is 3.68. The number of benzene rings is 2. The van der Waals surface area contributed by atoms with Crippen LogP contribution < -0.4 is 16.7 Å². The zero-order valence-electron chi connectivity index (χ0n) is 18.9. The van der Waals surface area contributed by atoms with E-state index in [0.29, 0.717) is 27.6 Å². The first-order chi connectivity index (χ1) is 17.1. The zero-order valence-corrected chi connectivity index (χ0v) is 19.6. The summed E-state index contributed by atoms with van der Waals surface area (Å²) in [5.41, 5.74) is -1.78. The van der Waals surface area contributed by atoms with Crippen LogP contribution in [-0.2, 0) is 29.7 Å². The van der Waals surface area contributed by atoms with Gasteiger partial charge in [0.1, 0.15) is 12.4 Å². The molecule has 0 saturated carbocycles. The number of ether oxygens (including phenoxy) is 1. The van der Waals surface area contributed by atoms with Crippen LogP contribution in [0.4, 0.5) is 24.8 Å². The third-order valence-corrected chi connectivity index (χ3v) is 5.43. The standard InChI is InChI=1S/C22H18ClF3N6O4/c1-3-36-19(33)10-32-21(34)28-20(27-18-5-12-8-30(2)29-17(12)6-13(18)23)31(22(32)35)9-11-4-15(25)16(26)7-14(11)24/h4-8H,3,9-10H2,1-2H3,(H,27,28,34). The lowest BCUT2D eigenvalue weighted by molar-refractivity contribution is -0.144. The van der Waals surface area contributed by atoms with Crippen LogP contribution in [0.3, 0.4) is 0 Å². The molecule has 36 heavy (non-hydrogen) atoms. The smallest absolute Gasteiger partial charge is 0.355 e. The third-order valence-electron chi connectivity index (χ3n) is 5.11. The van der Waals surface area contributed by atoms with E-state index in [1.54, 1.807) is 37.0 Å². The number of carbonyl (C=O) groups is 1. The molecule has 0 radical (unpaired) electrons. The van der Waals surface area contributed by atoms with Crippen molar-refractivity contribution in [3.05, 3.63) is 79.5 Å². The van der Waals surface area contributed by atoms with Crippen molar-refractivity contribution >= 4 is 40.1 Å². The molecular formula is C22H18ClF3N6O4. The summed E-state index contributed by atoms with van der Waals surface area (Å²) in [4.78, 5) is 41.6. The Hall–Kier alpha value is -4.13. The van der Waals surface area contributed by atoms with Gasteiger partial charge in [0.2, 0.25) is 5.95 Å². The number of rotatable bonds is 7. The number of fused-ring (bicyclic) bond motifs is 1. The van der Waals surface area contributed by atoms with Crippen LogP contribution in [-0.4, -0.2) is 36.5 Å². The van der Waals surface area contributed by atoms with Gasteiger partial charge in [-0.05, 0) is 25.1 Å². The lowest BCUT2D eigenvalue weighted by Gasteiger charge is -2.16. The summed E-state index contributed by atoms with van der Waals surface area (Å²) >= 11 is 6.33. The summed E-state index contributed by atoms with van der Waals surface area (Å²) < 4.78 is 49.2. The molecule has 2 heterocycles. The van der Waals surface area contributed by atoms with Crippen molar-refractivity contribution < 1.29 is 22.7 Å². The summed E-state index contributed by atoms with van der Waals surface area (Å²) in [7, 11) is 1.71. The lowest BCUT2D eigenvalue weighted by atomic mass is 10.2. The van der Waals surface area contributed by atoms with Crippen LogP contribution in [0.15, 0.2) is 40.1 Å². The van der Waals surface area contributed by atoms with Crippen LogP contribution >= 0.6 is 11.6 Å².